The third-order valence-corrected chi connectivity index (χ3v) is 1.23. The second-order valence-corrected chi connectivity index (χ2v) is 2.15. The Morgan fingerprint density at radius 2 is 1.92 bits per heavy atom. The number of hydrogen-bond acceptors (Lipinski definition) is 2. The second kappa shape index (κ2) is 3.93. The SMILES string of the molecule is O=C(Oc1ccccc1F)C(F)F. The monoisotopic (exact) mass is 190 g/mol. The predicted octanol–water partition coefficient (Wildman–Crippen LogP) is 2.00. The minimum Gasteiger partial charge on any atom is -0.419 e. The molecule has 5 heteroatoms. The highest BCUT2D eigenvalue weighted by molar-refractivity contribution is 5.75. The average molecular weight is 190 g/mol. The summed E-state index contributed by atoms with van der Waals surface area (Å²) in [6, 6.07) is 4.83. The highest BCUT2D eigenvalue weighted by Gasteiger charge is 2.19. The molecule has 1 rings (SSSR count). The lowest BCUT2D eigenvalue weighted by atomic mass is 10.3. The van der Waals surface area contributed by atoms with E-state index in [0.29, 0.717) is 0 Å². The molecule has 1 aromatic carbocycles. The van der Waals surface area contributed by atoms with Gasteiger partial charge in [-0.15, -0.1) is 0 Å². The minimum absolute atomic E-state index is 0.493. The van der Waals surface area contributed by atoms with Crippen LogP contribution in [0.3, 0.4) is 0 Å². The molecule has 0 spiro atoms. The van der Waals surface area contributed by atoms with Crippen LogP contribution in [-0.2, 0) is 4.79 Å². The number of para-hydroxylation sites is 1. The molecule has 0 atom stereocenters. The Hall–Kier alpha value is -1.52. The average Bonchev–Trinajstić information content (AvgIpc) is 2.08. The Kier molecular flexibility index (Phi) is 2.89. The van der Waals surface area contributed by atoms with Gasteiger partial charge >= 0.3 is 12.4 Å². The zero-order valence-corrected chi connectivity index (χ0v) is 6.34. The van der Waals surface area contributed by atoms with Crippen LogP contribution in [0.15, 0.2) is 24.3 Å². The first-order valence-electron chi connectivity index (χ1n) is 3.35. The van der Waals surface area contributed by atoms with E-state index in [2.05, 4.69) is 4.74 Å². The van der Waals surface area contributed by atoms with Crippen LogP contribution in [0.25, 0.3) is 0 Å². The molecule has 0 bridgehead atoms. The van der Waals surface area contributed by atoms with Crippen molar-refractivity contribution >= 4 is 5.97 Å². The molecule has 0 aliphatic rings. The molecule has 70 valence electrons. The fourth-order valence-corrected chi connectivity index (χ4v) is 0.680. The zero-order valence-electron chi connectivity index (χ0n) is 6.34. The molecule has 0 aliphatic carbocycles. The van der Waals surface area contributed by atoms with Crippen molar-refractivity contribution in [3.63, 3.8) is 0 Å². The normalized spacial score (nSPS) is 10.2. The smallest absolute Gasteiger partial charge is 0.379 e. The number of halogens is 3. The summed E-state index contributed by atoms with van der Waals surface area (Å²) in [7, 11) is 0. The fourth-order valence-electron chi connectivity index (χ4n) is 0.680. The van der Waals surface area contributed by atoms with E-state index in [1.165, 1.54) is 12.1 Å². The van der Waals surface area contributed by atoms with E-state index in [4.69, 9.17) is 0 Å². The van der Waals surface area contributed by atoms with E-state index in [9.17, 15) is 18.0 Å². The molecular weight excluding hydrogens is 185 g/mol. The van der Waals surface area contributed by atoms with Crippen LogP contribution < -0.4 is 4.74 Å². The Morgan fingerprint density at radius 1 is 1.31 bits per heavy atom. The minimum atomic E-state index is -3.25. The van der Waals surface area contributed by atoms with E-state index in [-0.39, 0.29) is 0 Å². The molecule has 0 amide bonds. The van der Waals surface area contributed by atoms with Gasteiger partial charge in [0.2, 0.25) is 0 Å². The van der Waals surface area contributed by atoms with Crippen LogP contribution in [0.5, 0.6) is 5.75 Å². The Labute approximate surface area is 71.9 Å². The lowest BCUT2D eigenvalue weighted by Crippen LogP contribution is -2.17. The maximum absolute atomic E-state index is 12.7. The van der Waals surface area contributed by atoms with E-state index in [1.807, 2.05) is 0 Å². The number of alkyl halides is 2. The summed E-state index contributed by atoms with van der Waals surface area (Å²) < 4.78 is 40.0. The molecular formula is C8H5F3O2. The van der Waals surface area contributed by atoms with Crippen LogP contribution in [0, 0.1) is 5.82 Å². The summed E-state index contributed by atoms with van der Waals surface area (Å²) >= 11 is 0. The fraction of sp³-hybridized carbons (Fsp3) is 0.125. The van der Waals surface area contributed by atoms with Gasteiger partial charge in [-0.3, -0.25) is 0 Å². The van der Waals surface area contributed by atoms with Crippen molar-refractivity contribution < 1.29 is 22.7 Å². The maximum atomic E-state index is 12.7. The Morgan fingerprint density at radius 3 is 2.46 bits per heavy atom. The van der Waals surface area contributed by atoms with Gasteiger partial charge in [0.05, 0.1) is 0 Å². The van der Waals surface area contributed by atoms with Gasteiger partial charge in [0, 0.05) is 0 Å². The van der Waals surface area contributed by atoms with Gasteiger partial charge in [-0.25, -0.2) is 9.18 Å². The van der Waals surface area contributed by atoms with Crippen LogP contribution in [0.1, 0.15) is 0 Å². The van der Waals surface area contributed by atoms with Gasteiger partial charge in [-0.2, -0.15) is 8.78 Å². The van der Waals surface area contributed by atoms with Crippen LogP contribution >= 0.6 is 0 Å². The summed E-state index contributed by atoms with van der Waals surface area (Å²) in [6.45, 7) is 0. The third kappa shape index (κ3) is 2.47. The first kappa shape index (κ1) is 9.57. The first-order valence-corrected chi connectivity index (χ1v) is 3.35. The lowest BCUT2D eigenvalue weighted by molar-refractivity contribution is -0.146. The molecule has 0 N–H and O–H groups in total. The highest BCUT2D eigenvalue weighted by atomic mass is 19.3. The Balaban J connectivity index is 2.75. The number of benzene rings is 1. The predicted molar refractivity (Wildman–Crippen MR) is 38.0 cm³/mol. The van der Waals surface area contributed by atoms with Crippen molar-refractivity contribution in [2.24, 2.45) is 0 Å². The van der Waals surface area contributed by atoms with E-state index in [0.717, 1.165) is 12.1 Å². The largest absolute Gasteiger partial charge is 0.419 e. The Bertz CT molecular complexity index is 312. The number of ether oxygens (including phenoxy) is 1. The van der Waals surface area contributed by atoms with Crippen LogP contribution in [-0.4, -0.2) is 12.4 Å². The molecule has 1 aromatic rings. The summed E-state index contributed by atoms with van der Waals surface area (Å²) in [5.41, 5.74) is 0. The molecule has 0 saturated carbocycles. The van der Waals surface area contributed by atoms with Crippen molar-refractivity contribution in [1.29, 1.82) is 0 Å². The van der Waals surface area contributed by atoms with Gasteiger partial charge in [0.25, 0.3) is 0 Å². The molecule has 0 aromatic heterocycles. The van der Waals surface area contributed by atoms with Crippen molar-refractivity contribution in [1.82, 2.24) is 0 Å². The zero-order chi connectivity index (χ0) is 9.84. The van der Waals surface area contributed by atoms with Crippen molar-refractivity contribution in [2.75, 3.05) is 0 Å². The van der Waals surface area contributed by atoms with E-state index in [1.54, 1.807) is 0 Å². The summed E-state index contributed by atoms with van der Waals surface area (Å²) in [6.07, 6.45) is -3.25. The lowest BCUT2D eigenvalue weighted by Gasteiger charge is -2.03. The number of esters is 1. The second-order valence-electron chi connectivity index (χ2n) is 2.15. The number of carbonyl (C=O) groups is 1. The van der Waals surface area contributed by atoms with Gasteiger partial charge < -0.3 is 4.74 Å². The number of rotatable bonds is 2. The summed E-state index contributed by atoms with van der Waals surface area (Å²) in [5, 5.41) is 0. The van der Waals surface area contributed by atoms with Crippen molar-refractivity contribution in [3.05, 3.63) is 30.1 Å². The topological polar surface area (TPSA) is 26.3 Å². The van der Waals surface area contributed by atoms with Crippen molar-refractivity contribution in [3.8, 4) is 5.75 Å². The first-order chi connectivity index (χ1) is 6.11. The standard InChI is InChI=1S/C8H5F3O2/c9-5-3-1-2-4-6(5)13-8(12)7(10)11/h1-4,7H. The molecule has 0 fully saturated rings. The van der Waals surface area contributed by atoms with Gasteiger partial charge in [-0.1, -0.05) is 12.1 Å². The maximum Gasteiger partial charge on any atom is 0.379 e. The third-order valence-electron chi connectivity index (χ3n) is 1.23. The van der Waals surface area contributed by atoms with Gasteiger partial charge in [0.15, 0.2) is 11.6 Å². The van der Waals surface area contributed by atoms with Gasteiger partial charge in [0.1, 0.15) is 0 Å². The quantitative estimate of drug-likeness (QED) is 0.526. The van der Waals surface area contributed by atoms with E-state index < -0.39 is 24.0 Å². The summed E-state index contributed by atoms with van der Waals surface area (Å²) in [4.78, 5) is 10.3. The van der Waals surface area contributed by atoms with Crippen molar-refractivity contribution in [2.45, 2.75) is 6.43 Å². The molecule has 13 heavy (non-hydrogen) atoms. The summed E-state index contributed by atoms with van der Waals surface area (Å²) in [5.74, 6) is -3.10. The molecule has 0 saturated heterocycles. The van der Waals surface area contributed by atoms with Gasteiger partial charge in [-0.05, 0) is 12.1 Å². The highest BCUT2D eigenvalue weighted by Crippen LogP contribution is 2.16. The number of hydrogen-bond donors (Lipinski definition) is 0. The van der Waals surface area contributed by atoms with E-state index >= 15 is 0 Å². The molecule has 2 nitrogen and oxygen atoms in total. The molecule has 0 aliphatic heterocycles. The molecule has 0 radical (unpaired) electrons. The van der Waals surface area contributed by atoms with Crippen LogP contribution in [0.2, 0.25) is 0 Å². The van der Waals surface area contributed by atoms with Crippen LogP contribution in [0.4, 0.5) is 13.2 Å². The molecule has 0 heterocycles. The molecule has 0 unspecified atom stereocenters. The number of carbonyl (C=O) groups excluding carboxylic acids is 1.